The van der Waals surface area contributed by atoms with Gasteiger partial charge >= 0.3 is 6.18 Å². The van der Waals surface area contributed by atoms with Crippen LogP contribution in [0.1, 0.15) is 12.8 Å². The number of hydrogen-bond donors (Lipinski definition) is 1. The Hall–Kier alpha value is -1.02. The molecule has 68 valence electrons. The summed E-state index contributed by atoms with van der Waals surface area (Å²) in [4.78, 5) is 0. The molecule has 0 aliphatic heterocycles. The van der Waals surface area contributed by atoms with Crippen molar-refractivity contribution in [3.05, 3.63) is 12.2 Å². The molecule has 1 atom stereocenters. The highest BCUT2D eigenvalue weighted by atomic mass is 19.4. The smallest absolute Gasteiger partial charge is 0.383 e. The Balaban J connectivity index is 3.95. The lowest BCUT2D eigenvalue weighted by atomic mass is 10.1. The number of halogens is 3. The zero-order valence-corrected chi connectivity index (χ0v) is 6.23. The van der Waals surface area contributed by atoms with Gasteiger partial charge in [-0.1, -0.05) is 12.2 Å². The number of aliphatic hydroxyl groups excluding tert-OH is 1. The van der Waals surface area contributed by atoms with Crippen molar-refractivity contribution < 1.29 is 18.3 Å². The maximum absolute atomic E-state index is 11.7. The van der Waals surface area contributed by atoms with Gasteiger partial charge in [-0.3, -0.25) is 0 Å². The molecular weight excluding hydrogens is 171 g/mol. The molecule has 0 saturated carbocycles. The molecule has 1 unspecified atom stereocenters. The maximum Gasteiger partial charge on any atom is 0.414 e. The summed E-state index contributed by atoms with van der Waals surface area (Å²) in [6.45, 7) is 3.22. The van der Waals surface area contributed by atoms with E-state index in [-0.39, 0.29) is 12.0 Å². The van der Waals surface area contributed by atoms with Crippen LogP contribution in [-0.2, 0) is 0 Å². The van der Waals surface area contributed by atoms with Crippen LogP contribution in [-0.4, -0.2) is 17.4 Å². The molecule has 0 saturated heterocycles. The molecule has 1 N–H and O–H groups in total. The van der Waals surface area contributed by atoms with Crippen LogP contribution < -0.4 is 0 Å². The summed E-state index contributed by atoms with van der Waals surface area (Å²) >= 11 is 0. The zero-order chi connectivity index (χ0) is 9.78. The molecule has 0 amide bonds. The van der Waals surface area contributed by atoms with Gasteiger partial charge in [0.25, 0.3) is 0 Å². The van der Waals surface area contributed by atoms with Gasteiger partial charge < -0.3 is 5.11 Å². The quantitative estimate of drug-likeness (QED) is 0.671. The lowest BCUT2D eigenvalue weighted by Gasteiger charge is -2.14. The Labute approximate surface area is 67.9 Å². The molecule has 0 rings (SSSR count). The molecule has 0 radical (unpaired) electrons. The largest absolute Gasteiger partial charge is 0.414 e. The van der Waals surface area contributed by atoms with Gasteiger partial charge in [0, 0.05) is 6.42 Å². The molecule has 0 aromatic heterocycles. The van der Waals surface area contributed by atoms with Crippen LogP contribution in [0.15, 0.2) is 12.2 Å². The first kappa shape index (κ1) is 11.0. The van der Waals surface area contributed by atoms with E-state index >= 15 is 0 Å². The normalized spacial score (nSPS) is 13.6. The van der Waals surface area contributed by atoms with Crippen LogP contribution in [0.3, 0.4) is 0 Å². The Bertz CT molecular complexity index is 204. The van der Waals surface area contributed by atoms with E-state index in [1.54, 1.807) is 6.07 Å². The Morgan fingerprint density at radius 3 is 2.42 bits per heavy atom. The van der Waals surface area contributed by atoms with Crippen molar-refractivity contribution in [2.45, 2.75) is 25.1 Å². The van der Waals surface area contributed by atoms with E-state index in [2.05, 4.69) is 6.58 Å². The van der Waals surface area contributed by atoms with E-state index in [0.717, 1.165) is 0 Å². The first-order chi connectivity index (χ1) is 5.38. The minimum absolute atomic E-state index is 0.0855. The second kappa shape index (κ2) is 4.12. The van der Waals surface area contributed by atoms with Crippen molar-refractivity contribution in [3.63, 3.8) is 0 Å². The molecular formula is C7H8F3NO. The molecule has 0 fully saturated rings. The average molecular weight is 179 g/mol. The molecule has 0 spiro atoms. The van der Waals surface area contributed by atoms with Gasteiger partial charge in [-0.25, -0.2) is 0 Å². The molecule has 0 aromatic rings. The van der Waals surface area contributed by atoms with Crippen LogP contribution in [0.4, 0.5) is 13.2 Å². The third-order valence-electron chi connectivity index (χ3n) is 1.19. The van der Waals surface area contributed by atoms with Crippen LogP contribution in [0, 0.1) is 11.3 Å². The molecule has 0 aliphatic rings. The van der Waals surface area contributed by atoms with Gasteiger partial charge in [0.2, 0.25) is 0 Å². The van der Waals surface area contributed by atoms with Crippen molar-refractivity contribution in [2.75, 3.05) is 0 Å². The van der Waals surface area contributed by atoms with Gasteiger partial charge in [-0.15, -0.1) is 0 Å². The zero-order valence-electron chi connectivity index (χ0n) is 6.23. The molecule has 12 heavy (non-hydrogen) atoms. The second-order valence-electron chi connectivity index (χ2n) is 2.35. The molecule has 0 aliphatic carbocycles. The Morgan fingerprint density at radius 2 is 2.08 bits per heavy atom. The van der Waals surface area contributed by atoms with Crippen LogP contribution >= 0.6 is 0 Å². The van der Waals surface area contributed by atoms with E-state index in [0.29, 0.717) is 0 Å². The summed E-state index contributed by atoms with van der Waals surface area (Å²) in [7, 11) is 0. The van der Waals surface area contributed by atoms with Crippen LogP contribution in [0.5, 0.6) is 0 Å². The first-order valence-corrected chi connectivity index (χ1v) is 3.16. The molecule has 5 heteroatoms. The summed E-state index contributed by atoms with van der Waals surface area (Å²) in [6, 6.07) is 1.65. The second-order valence-corrected chi connectivity index (χ2v) is 2.35. The Morgan fingerprint density at radius 1 is 1.58 bits per heavy atom. The topological polar surface area (TPSA) is 44.0 Å². The van der Waals surface area contributed by atoms with E-state index < -0.39 is 18.7 Å². The number of nitriles is 1. The summed E-state index contributed by atoms with van der Waals surface area (Å²) in [5.41, 5.74) is 0.0855. The highest BCUT2D eigenvalue weighted by Gasteiger charge is 2.37. The van der Waals surface area contributed by atoms with E-state index in [1.807, 2.05) is 0 Å². The lowest BCUT2D eigenvalue weighted by Crippen LogP contribution is -2.28. The predicted octanol–water partition coefficient (Wildman–Crippen LogP) is 1.77. The standard InChI is InChI=1S/C7H8F3NO/c1-5(2-3-11)4-6(12)7(8,9)10/h6,12H,1-2,4H2. The van der Waals surface area contributed by atoms with Crippen molar-refractivity contribution in [1.29, 1.82) is 5.26 Å². The molecule has 0 aromatic carbocycles. The molecule has 0 bridgehead atoms. The fraction of sp³-hybridized carbons (Fsp3) is 0.571. The minimum Gasteiger partial charge on any atom is -0.383 e. The van der Waals surface area contributed by atoms with E-state index in [1.165, 1.54) is 0 Å². The Kier molecular flexibility index (Phi) is 3.77. The number of aliphatic hydroxyl groups is 1. The summed E-state index contributed by atoms with van der Waals surface area (Å²) in [6.07, 6.45) is -7.79. The number of nitrogens with zero attached hydrogens (tertiary/aromatic N) is 1. The summed E-state index contributed by atoms with van der Waals surface area (Å²) < 4.78 is 35.0. The highest BCUT2D eigenvalue weighted by molar-refractivity contribution is 5.03. The van der Waals surface area contributed by atoms with Gasteiger partial charge in [-0.2, -0.15) is 18.4 Å². The monoisotopic (exact) mass is 179 g/mol. The van der Waals surface area contributed by atoms with Crippen LogP contribution in [0.2, 0.25) is 0 Å². The van der Waals surface area contributed by atoms with Gasteiger partial charge in [0.1, 0.15) is 0 Å². The maximum atomic E-state index is 11.7. The van der Waals surface area contributed by atoms with Crippen molar-refractivity contribution in [2.24, 2.45) is 0 Å². The van der Waals surface area contributed by atoms with Crippen molar-refractivity contribution in [3.8, 4) is 6.07 Å². The van der Waals surface area contributed by atoms with Gasteiger partial charge in [0.05, 0.1) is 12.5 Å². The third-order valence-corrected chi connectivity index (χ3v) is 1.19. The highest BCUT2D eigenvalue weighted by Crippen LogP contribution is 2.24. The molecule has 0 heterocycles. The third kappa shape index (κ3) is 3.98. The number of alkyl halides is 3. The fourth-order valence-corrected chi connectivity index (χ4v) is 0.573. The SMILES string of the molecule is C=C(CC#N)CC(O)C(F)(F)F. The fourth-order valence-electron chi connectivity index (χ4n) is 0.573. The summed E-state index contributed by atoms with van der Waals surface area (Å²) in [5, 5.41) is 16.6. The van der Waals surface area contributed by atoms with E-state index in [9.17, 15) is 13.2 Å². The lowest BCUT2D eigenvalue weighted by molar-refractivity contribution is -0.203. The summed E-state index contributed by atoms with van der Waals surface area (Å²) in [5.74, 6) is 0. The minimum atomic E-state index is -4.63. The van der Waals surface area contributed by atoms with Crippen molar-refractivity contribution >= 4 is 0 Å². The van der Waals surface area contributed by atoms with Gasteiger partial charge in [0.15, 0.2) is 6.10 Å². The predicted molar refractivity (Wildman–Crippen MR) is 36.0 cm³/mol. The number of hydrogen-bond acceptors (Lipinski definition) is 2. The van der Waals surface area contributed by atoms with Crippen LogP contribution in [0.25, 0.3) is 0 Å². The first-order valence-electron chi connectivity index (χ1n) is 3.16. The molecule has 2 nitrogen and oxygen atoms in total. The average Bonchev–Trinajstić information content (AvgIpc) is 1.85. The number of rotatable bonds is 3. The van der Waals surface area contributed by atoms with E-state index in [4.69, 9.17) is 10.4 Å². The van der Waals surface area contributed by atoms with Crippen molar-refractivity contribution in [1.82, 2.24) is 0 Å². The van der Waals surface area contributed by atoms with Gasteiger partial charge in [-0.05, 0) is 0 Å².